The van der Waals surface area contributed by atoms with Gasteiger partial charge in [0.25, 0.3) is 0 Å². The van der Waals surface area contributed by atoms with Crippen LogP contribution < -0.4 is 5.73 Å². The van der Waals surface area contributed by atoms with Gasteiger partial charge in [0.1, 0.15) is 0 Å². The maximum atomic E-state index is 10.7. The van der Waals surface area contributed by atoms with Gasteiger partial charge in [0.2, 0.25) is 5.91 Å². The molecule has 3 heteroatoms. The van der Waals surface area contributed by atoms with Gasteiger partial charge in [0, 0.05) is 17.1 Å². The van der Waals surface area contributed by atoms with E-state index in [1.165, 1.54) is 16.0 Å². The Morgan fingerprint density at radius 3 is 2.53 bits per heavy atom. The molecule has 1 rings (SSSR count). The second kappa shape index (κ2) is 5.58. The Hall–Kier alpha value is -0.960. The summed E-state index contributed by atoms with van der Waals surface area (Å²) >= 11 is 1.70. The maximum absolute atomic E-state index is 10.7. The molecule has 0 aliphatic rings. The quantitative estimate of drug-likeness (QED) is 0.835. The van der Waals surface area contributed by atoms with Crippen LogP contribution in [0.25, 0.3) is 0 Å². The number of hydrogen-bond donors (Lipinski definition) is 1. The molecular formula is C14H21NOS. The Balaban J connectivity index is 2.80. The van der Waals surface area contributed by atoms with Crippen LogP contribution >= 0.6 is 11.8 Å². The molecule has 1 amide bonds. The van der Waals surface area contributed by atoms with Gasteiger partial charge in [-0.1, -0.05) is 32.9 Å². The molecule has 0 fully saturated rings. The van der Waals surface area contributed by atoms with E-state index in [4.69, 9.17) is 5.73 Å². The average molecular weight is 251 g/mol. The largest absolute Gasteiger partial charge is 0.370 e. The van der Waals surface area contributed by atoms with E-state index in [0.717, 1.165) is 5.75 Å². The van der Waals surface area contributed by atoms with Crippen molar-refractivity contribution in [2.75, 3.05) is 5.75 Å². The standard InChI is InChI=1S/C14H21NOS/c1-10-5-6-11(14(2,3)4)9-12(10)17-8-7-13(15)16/h5-6,9H,7-8H2,1-4H3,(H2,15,16). The van der Waals surface area contributed by atoms with Gasteiger partial charge in [-0.25, -0.2) is 0 Å². The van der Waals surface area contributed by atoms with Gasteiger partial charge in [-0.3, -0.25) is 4.79 Å². The average Bonchev–Trinajstić information content (AvgIpc) is 2.18. The third-order valence-corrected chi connectivity index (χ3v) is 3.82. The van der Waals surface area contributed by atoms with Crippen LogP contribution in [-0.2, 0) is 10.2 Å². The van der Waals surface area contributed by atoms with E-state index in [-0.39, 0.29) is 11.3 Å². The molecule has 0 bridgehead atoms. The first-order valence-electron chi connectivity index (χ1n) is 5.83. The highest BCUT2D eigenvalue weighted by molar-refractivity contribution is 7.99. The number of aryl methyl sites for hydroxylation is 1. The third kappa shape index (κ3) is 4.43. The first kappa shape index (κ1) is 14.1. The van der Waals surface area contributed by atoms with Crippen LogP contribution in [0.15, 0.2) is 23.1 Å². The molecule has 2 nitrogen and oxygen atoms in total. The molecule has 0 aliphatic heterocycles. The summed E-state index contributed by atoms with van der Waals surface area (Å²) in [5.74, 6) is 0.520. The lowest BCUT2D eigenvalue weighted by Gasteiger charge is -2.20. The number of primary amides is 1. The third-order valence-electron chi connectivity index (χ3n) is 2.66. The molecule has 0 atom stereocenters. The predicted octanol–water partition coefficient (Wildman–Crippen LogP) is 3.26. The van der Waals surface area contributed by atoms with E-state index < -0.39 is 0 Å². The minimum Gasteiger partial charge on any atom is -0.370 e. The molecule has 0 aromatic heterocycles. The molecule has 0 heterocycles. The number of amides is 1. The molecule has 0 saturated carbocycles. The van der Waals surface area contributed by atoms with Gasteiger partial charge in [0.05, 0.1) is 0 Å². The second-order valence-electron chi connectivity index (χ2n) is 5.30. The van der Waals surface area contributed by atoms with E-state index >= 15 is 0 Å². The number of carbonyl (C=O) groups is 1. The monoisotopic (exact) mass is 251 g/mol. The van der Waals surface area contributed by atoms with Crippen molar-refractivity contribution in [3.05, 3.63) is 29.3 Å². The molecule has 1 aromatic rings. The van der Waals surface area contributed by atoms with E-state index in [0.29, 0.717) is 6.42 Å². The van der Waals surface area contributed by atoms with E-state index in [1.807, 2.05) is 0 Å². The Morgan fingerprint density at radius 1 is 1.35 bits per heavy atom. The Kier molecular flexibility index (Phi) is 4.63. The topological polar surface area (TPSA) is 43.1 Å². The molecule has 2 N–H and O–H groups in total. The summed E-state index contributed by atoms with van der Waals surface area (Å²) in [6.45, 7) is 8.71. The Bertz CT molecular complexity index is 407. The van der Waals surface area contributed by atoms with E-state index in [9.17, 15) is 4.79 Å². The highest BCUT2D eigenvalue weighted by Gasteiger charge is 2.14. The van der Waals surface area contributed by atoms with Crippen LogP contribution in [0.5, 0.6) is 0 Å². The fourth-order valence-corrected chi connectivity index (χ4v) is 2.51. The normalized spacial score (nSPS) is 11.5. The van der Waals surface area contributed by atoms with Gasteiger partial charge in [-0.15, -0.1) is 11.8 Å². The van der Waals surface area contributed by atoms with Gasteiger partial charge >= 0.3 is 0 Å². The lowest BCUT2D eigenvalue weighted by molar-refractivity contribution is -0.117. The van der Waals surface area contributed by atoms with Crippen molar-refractivity contribution in [3.63, 3.8) is 0 Å². The van der Waals surface area contributed by atoms with Crippen molar-refractivity contribution >= 4 is 17.7 Å². The zero-order valence-electron chi connectivity index (χ0n) is 11.0. The number of benzene rings is 1. The summed E-state index contributed by atoms with van der Waals surface area (Å²) < 4.78 is 0. The van der Waals surface area contributed by atoms with Crippen LogP contribution in [0, 0.1) is 6.92 Å². The minimum atomic E-state index is -0.234. The number of nitrogens with two attached hydrogens (primary N) is 1. The van der Waals surface area contributed by atoms with Crippen molar-refractivity contribution in [3.8, 4) is 0 Å². The number of rotatable bonds is 4. The van der Waals surface area contributed by atoms with Crippen LogP contribution in [0.2, 0.25) is 0 Å². The second-order valence-corrected chi connectivity index (χ2v) is 6.43. The fourth-order valence-electron chi connectivity index (χ4n) is 1.48. The minimum absolute atomic E-state index is 0.159. The van der Waals surface area contributed by atoms with Crippen molar-refractivity contribution in [2.24, 2.45) is 5.73 Å². The Morgan fingerprint density at radius 2 is 2.00 bits per heavy atom. The summed E-state index contributed by atoms with van der Waals surface area (Å²) in [4.78, 5) is 12.0. The lowest BCUT2D eigenvalue weighted by Crippen LogP contribution is -2.12. The summed E-state index contributed by atoms with van der Waals surface area (Å²) in [6, 6.07) is 6.54. The molecule has 0 spiro atoms. The molecule has 0 saturated heterocycles. The molecule has 94 valence electrons. The fraction of sp³-hybridized carbons (Fsp3) is 0.500. The first-order valence-corrected chi connectivity index (χ1v) is 6.81. The zero-order valence-corrected chi connectivity index (χ0v) is 11.9. The lowest BCUT2D eigenvalue weighted by atomic mass is 9.87. The Labute approximate surface area is 108 Å². The summed E-state index contributed by atoms with van der Waals surface area (Å²) in [6.07, 6.45) is 0.434. The highest BCUT2D eigenvalue weighted by atomic mass is 32.2. The molecular weight excluding hydrogens is 230 g/mol. The zero-order chi connectivity index (χ0) is 13.1. The van der Waals surface area contributed by atoms with Crippen molar-refractivity contribution < 1.29 is 4.79 Å². The molecule has 1 aromatic carbocycles. The van der Waals surface area contributed by atoms with Crippen LogP contribution in [0.1, 0.15) is 38.3 Å². The highest BCUT2D eigenvalue weighted by Crippen LogP contribution is 2.29. The van der Waals surface area contributed by atoms with Crippen molar-refractivity contribution in [2.45, 2.75) is 44.4 Å². The number of carbonyl (C=O) groups excluding carboxylic acids is 1. The van der Waals surface area contributed by atoms with Crippen molar-refractivity contribution in [1.82, 2.24) is 0 Å². The molecule has 0 unspecified atom stereocenters. The van der Waals surface area contributed by atoms with Gasteiger partial charge < -0.3 is 5.73 Å². The predicted molar refractivity (Wildman–Crippen MR) is 74.4 cm³/mol. The SMILES string of the molecule is Cc1ccc(C(C)(C)C)cc1SCCC(N)=O. The van der Waals surface area contributed by atoms with E-state index in [2.05, 4.69) is 45.9 Å². The van der Waals surface area contributed by atoms with Crippen LogP contribution in [-0.4, -0.2) is 11.7 Å². The summed E-state index contributed by atoms with van der Waals surface area (Å²) in [5.41, 5.74) is 7.88. The van der Waals surface area contributed by atoms with Crippen LogP contribution in [0.4, 0.5) is 0 Å². The van der Waals surface area contributed by atoms with Gasteiger partial charge in [0.15, 0.2) is 0 Å². The van der Waals surface area contributed by atoms with Gasteiger partial charge in [-0.05, 0) is 29.5 Å². The number of hydrogen-bond acceptors (Lipinski definition) is 2. The smallest absolute Gasteiger partial charge is 0.218 e. The summed E-state index contributed by atoms with van der Waals surface area (Å²) in [5, 5.41) is 0. The van der Waals surface area contributed by atoms with Crippen molar-refractivity contribution in [1.29, 1.82) is 0 Å². The van der Waals surface area contributed by atoms with Gasteiger partial charge in [-0.2, -0.15) is 0 Å². The van der Waals surface area contributed by atoms with E-state index in [1.54, 1.807) is 11.8 Å². The van der Waals surface area contributed by atoms with Crippen LogP contribution in [0.3, 0.4) is 0 Å². The first-order chi connectivity index (χ1) is 7.80. The maximum Gasteiger partial charge on any atom is 0.218 e. The number of thioether (sulfide) groups is 1. The summed E-state index contributed by atoms with van der Waals surface area (Å²) in [7, 11) is 0. The molecule has 0 aliphatic carbocycles. The molecule has 0 radical (unpaired) electrons. The molecule has 17 heavy (non-hydrogen) atoms.